The Morgan fingerprint density at radius 1 is 0.955 bits per heavy atom. The van der Waals surface area contributed by atoms with Crippen molar-refractivity contribution < 1.29 is 19.4 Å². The van der Waals surface area contributed by atoms with E-state index in [1.807, 2.05) is 65.0 Å². The minimum Gasteiger partial charge on any atom is -0.493 e. The maximum absolute atomic E-state index is 14.0. The molecular weight excluding hydrogens is 552 g/mol. The van der Waals surface area contributed by atoms with Gasteiger partial charge in [0.05, 0.1) is 18.5 Å². The summed E-state index contributed by atoms with van der Waals surface area (Å²) in [5.74, 6) is -0.410. The third kappa shape index (κ3) is 5.19. The molecular formula is C36H36N4O4. The summed E-state index contributed by atoms with van der Waals surface area (Å²) in [6.45, 7) is 4.51. The van der Waals surface area contributed by atoms with Crippen LogP contribution >= 0.6 is 0 Å². The molecule has 0 fully saturated rings. The molecule has 1 unspecified atom stereocenters. The number of carbonyl (C=O) groups excluding carboxylic acids is 1. The number of nitrogens with zero attached hydrogens (tertiary/aromatic N) is 4. The SMILES string of the molecule is Cc1c2ccc3c1nnn3CCCCCCOc1ccc(c3ccccc13)C(=O)N1CCc3ccc(cc3C1)C2CC(=O)O. The molecule has 10 rings (SSSR count). The monoisotopic (exact) mass is 588 g/mol. The Morgan fingerprint density at radius 3 is 2.66 bits per heavy atom. The van der Waals surface area contributed by atoms with Crippen molar-refractivity contribution in [3.05, 3.63) is 100 Å². The summed E-state index contributed by atoms with van der Waals surface area (Å²) < 4.78 is 8.19. The fourth-order valence-corrected chi connectivity index (χ4v) is 6.93. The van der Waals surface area contributed by atoms with Crippen molar-refractivity contribution in [3.63, 3.8) is 0 Å². The van der Waals surface area contributed by atoms with Crippen molar-refractivity contribution in [1.82, 2.24) is 19.9 Å². The Balaban J connectivity index is 1.31. The third-order valence-electron chi connectivity index (χ3n) is 9.30. The number of hydrogen-bond donors (Lipinski definition) is 1. The average molecular weight is 589 g/mol. The van der Waals surface area contributed by atoms with E-state index < -0.39 is 5.97 Å². The van der Waals surface area contributed by atoms with Gasteiger partial charge in [-0.25, -0.2) is 4.68 Å². The number of aromatic nitrogens is 3. The van der Waals surface area contributed by atoms with Crippen LogP contribution in [0.4, 0.5) is 0 Å². The summed E-state index contributed by atoms with van der Waals surface area (Å²) >= 11 is 0. The predicted octanol–water partition coefficient (Wildman–Crippen LogP) is 6.65. The first-order chi connectivity index (χ1) is 21.5. The fraction of sp³-hybridized carbons (Fsp3) is 0.333. The number of aryl methyl sites for hydroxylation is 2. The van der Waals surface area contributed by atoms with Gasteiger partial charge in [-0.2, -0.15) is 0 Å². The van der Waals surface area contributed by atoms with Gasteiger partial charge in [0, 0.05) is 36.5 Å². The fourth-order valence-electron chi connectivity index (χ4n) is 6.93. The number of ether oxygens (including phenoxy) is 1. The molecule has 0 spiro atoms. The van der Waals surface area contributed by atoms with Gasteiger partial charge < -0.3 is 14.7 Å². The van der Waals surface area contributed by atoms with Crippen molar-refractivity contribution in [3.8, 4) is 5.75 Å². The molecule has 8 heteroatoms. The quantitative estimate of drug-likeness (QED) is 0.248. The van der Waals surface area contributed by atoms with Crippen LogP contribution in [0.15, 0.2) is 66.7 Å². The van der Waals surface area contributed by atoms with Crippen molar-refractivity contribution >= 4 is 33.7 Å². The molecule has 0 radical (unpaired) electrons. The number of benzene rings is 4. The first kappa shape index (κ1) is 28.1. The van der Waals surface area contributed by atoms with Gasteiger partial charge in [-0.05, 0) is 84.0 Å². The van der Waals surface area contributed by atoms with E-state index in [0.717, 1.165) is 88.5 Å². The van der Waals surface area contributed by atoms with E-state index in [-0.39, 0.29) is 18.2 Å². The molecule has 5 aliphatic rings. The first-order valence-electron chi connectivity index (χ1n) is 15.6. The number of amides is 1. The van der Waals surface area contributed by atoms with Crippen LogP contribution in [0.3, 0.4) is 0 Å². The van der Waals surface area contributed by atoms with E-state index in [9.17, 15) is 14.7 Å². The summed E-state index contributed by atoms with van der Waals surface area (Å²) in [4.78, 5) is 28.0. The second-order valence-electron chi connectivity index (χ2n) is 12.0. The van der Waals surface area contributed by atoms with Crippen LogP contribution in [0, 0.1) is 6.92 Å². The van der Waals surface area contributed by atoms with E-state index in [1.54, 1.807) is 0 Å². The normalized spacial score (nSPS) is 17.5. The molecule has 4 aromatic carbocycles. The molecule has 1 N–H and O–H groups in total. The minimum absolute atomic E-state index is 0.00587. The first-order valence-corrected chi connectivity index (χ1v) is 15.6. The Hall–Kier alpha value is -4.72. The lowest BCUT2D eigenvalue weighted by Crippen LogP contribution is -2.36. The Bertz CT molecular complexity index is 1890. The summed E-state index contributed by atoms with van der Waals surface area (Å²) in [5.41, 5.74) is 7.55. The van der Waals surface area contributed by atoms with Crippen LogP contribution < -0.4 is 4.74 Å². The molecule has 5 aliphatic heterocycles. The van der Waals surface area contributed by atoms with Crippen LogP contribution in [0.25, 0.3) is 21.8 Å². The van der Waals surface area contributed by atoms with Crippen molar-refractivity contribution in [2.75, 3.05) is 13.2 Å². The van der Waals surface area contributed by atoms with Crippen LogP contribution in [0.1, 0.15) is 76.2 Å². The molecule has 6 heterocycles. The smallest absolute Gasteiger partial charge is 0.304 e. The minimum atomic E-state index is -0.857. The van der Waals surface area contributed by atoms with E-state index in [2.05, 4.69) is 28.5 Å². The molecule has 8 nitrogen and oxygen atoms in total. The van der Waals surface area contributed by atoms with Crippen LogP contribution in [-0.4, -0.2) is 50.0 Å². The van der Waals surface area contributed by atoms with E-state index in [4.69, 9.17) is 4.74 Å². The topological polar surface area (TPSA) is 97.5 Å². The maximum Gasteiger partial charge on any atom is 0.304 e. The van der Waals surface area contributed by atoms with Crippen molar-refractivity contribution in [2.45, 2.75) is 64.5 Å². The number of carbonyl (C=O) groups is 2. The standard InChI is InChI=1S/C36H36N4O4/c1-23-27-12-14-32-35(23)37-38-40(32)17-6-2-3-7-19-44-33-15-13-30(28-8-4-5-9-29(28)33)36(43)39-18-16-24-10-11-25(20-26(24)22-39)31(27)21-34(41)42/h4-5,8-15,20,31H,2-3,6-7,16-19,21-22H2,1H3,(H,41,42). The van der Waals surface area contributed by atoms with Crippen molar-refractivity contribution in [2.24, 2.45) is 0 Å². The lowest BCUT2D eigenvalue weighted by Gasteiger charge is -2.30. The summed E-state index contributed by atoms with van der Waals surface area (Å²) in [6.07, 6.45) is 4.71. The predicted molar refractivity (Wildman–Crippen MR) is 169 cm³/mol. The van der Waals surface area contributed by atoms with Gasteiger partial charge in [0.2, 0.25) is 0 Å². The van der Waals surface area contributed by atoms with Gasteiger partial charge in [-0.3, -0.25) is 9.59 Å². The zero-order chi connectivity index (χ0) is 30.2. The van der Waals surface area contributed by atoms with Gasteiger partial charge in [-0.15, -0.1) is 5.10 Å². The van der Waals surface area contributed by atoms with Crippen LogP contribution in [-0.2, 0) is 24.3 Å². The highest BCUT2D eigenvalue weighted by atomic mass is 16.5. The molecule has 44 heavy (non-hydrogen) atoms. The maximum atomic E-state index is 14.0. The zero-order valence-corrected chi connectivity index (χ0v) is 25.0. The molecule has 0 saturated heterocycles. The largest absolute Gasteiger partial charge is 0.493 e. The van der Waals surface area contributed by atoms with Gasteiger partial charge in [0.25, 0.3) is 5.91 Å². The number of carboxylic acids is 1. The molecule has 9 bridgehead atoms. The van der Waals surface area contributed by atoms with Crippen LogP contribution in [0.2, 0.25) is 0 Å². The molecule has 1 atom stereocenters. The summed E-state index contributed by atoms with van der Waals surface area (Å²) in [5, 5.41) is 20.8. The molecule has 1 amide bonds. The summed E-state index contributed by atoms with van der Waals surface area (Å²) in [6, 6.07) is 22.1. The molecule has 5 aromatic rings. The Labute approximate surface area is 256 Å². The number of rotatable bonds is 2. The Morgan fingerprint density at radius 2 is 1.80 bits per heavy atom. The van der Waals surface area contributed by atoms with E-state index in [0.29, 0.717) is 25.3 Å². The zero-order valence-electron chi connectivity index (χ0n) is 25.0. The number of hydrogen-bond acceptors (Lipinski definition) is 5. The molecule has 224 valence electrons. The summed E-state index contributed by atoms with van der Waals surface area (Å²) in [7, 11) is 0. The van der Waals surface area contributed by atoms with Gasteiger partial charge in [-0.1, -0.05) is 60.2 Å². The lowest BCUT2D eigenvalue weighted by molar-refractivity contribution is -0.137. The van der Waals surface area contributed by atoms with E-state index >= 15 is 0 Å². The van der Waals surface area contributed by atoms with Crippen LogP contribution in [0.5, 0.6) is 5.75 Å². The molecule has 1 aromatic heterocycles. The van der Waals surface area contributed by atoms with Gasteiger partial charge >= 0.3 is 5.97 Å². The van der Waals surface area contributed by atoms with Gasteiger partial charge in [0.15, 0.2) is 0 Å². The second kappa shape index (κ2) is 11.8. The second-order valence-corrected chi connectivity index (χ2v) is 12.0. The average Bonchev–Trinajstić information content (AvgIpc) is 3.46. The molecule has 0 aliphatic carbocycles. The van der Waals surface area contributed by atoms with Gasteiger partial charge in [0.1, 0.15) is 11.3 Å². The Kier molecular flexibility index (Phi) is 7.50. The highest BCUT2D eigenvalue weighted by Gasteiger charge is 2.27. The van der Waals surface area contributed by atoms with E-state index in [1.165, 1.54) is 5.56 Å². The lowest BCUT2D eigenvalue weighted by atomic mass is 9.83. The van der Waals surface area contributed by atoms with Crippen molar-refractivity contribution in [1.29, 1.82) is 0 Å². The third-order valence-corrected chi connectivity index (χ3v) is 9.30. The highest BCUT2D eigenvalue weighted by molar-refractivity contribution is 6.08. The molecule has 0 saturated carbocycles. The number of carboxylic acid groups (broad SMARTS) is 1. The number of aliphatic carboxylic acids is 1. The highest BCUT2D eigenvalue weighted by Crippen LogP contribution is 2.36.